The van der Waals surface area contributed by atoms with E-state index < -0.39 is 9.84 Å². The lowest BCUT2D eigenvalue weighted by atomic mass is 10.2. The summed E-state index contributed by atoms with van der Waals surface area (Å²) in [6, 6.07) is 5.06. The lowest BCUT2D eigenvalue weighted by Crippen LogP contribution is -2.38. The van der Waals surface area contributed by atoms with Gasteiger partial charge < -0.3 is 5.32 Å². The number of sulfone groups is 1. The summed E-state index contributed by atoms with van der Waals surface area (Å²) in [6.45, 7) is 3.20. The van der Waals surface area contributed by atoms with Crippen molar-refractivity contribution in [3.05, 3.63) is 28.2 Å². The lowest BCUT2D eigenvalue weighted by molar-refractivity contribution is -0.116. The topological polar surface area (TPSA) is 66.5 Å². The Morgan fingerprint density at radius 2 is 2.13 bits per heavy atom. The van der Waals surface area contributed by atoms with Gasteiger partial charge in [0.2, 0.25) is 5.91 Å². The van der Waals surface area contributed by atoms with Gasteiger partial charge in [-0.05, 0) is 25.1 Å². The summed E-state index contributed by atoms with van der Waals surface area (Å²) in [5.74, 6) is 0.245. The third kappa shape index (κ3) is 5.08. The van der Waals surface area contributed by atoms with Crippen molar-refractivity contribution in [3.8, 4) is 0 Å². The number of nitrogens with zero attached hydrogens (tertiary/aromatic N) is 1. The molecule has 2 rings (SSSR count). The van der Waals surface area contributed by atoms with Crippen LogP contribution in [-0.4, -0.2) is 49.9 Å². The zero-order valence-corrected chi connectivity index (χ0v) is 15.2. The van der Waals surface area contributed by atoms with Gasteiger partial charge in [-0.3, -0.25) is 9.69 Å². The fourth-order valence-electron chi connectivity index (χ4n) is 2.72. The third-order valence-electron chi connectivity index (χ3n) is 3.98. The van der Waals surface area contributed by atoms with Crippen LogP contribution in [0.25, 0.3) is 0 Å². The van der Waals surface area contributed by atoms with Crippen molar-refractivity contribution in [2.45, 2.75) is 25.8 Å². The Morgan fingerprint density at radius 3 is 2.74 bits per heavy atom. The molecule has 0 saturated carbocycles. The standard InChI is InChI=1S/C15H20Cl2N2O3S/c1-2-19(11-7-9-23(21,22)10-11)8-6-14(20)18-13-5-3-4-12(16)15(13)17/h3-5,11H,2,6-10H2,1H3,(H,18,20). The van der Waals surface area contributed by atoms with Crippen molar-refractivity contribution < 1.29 is 13.2 Å². The number of carbonyl (C=O) groups is 1. The number of hydrogen-bond donors (Lipinski definition) is 1. The van der Waals surface area contributed by atoms with Crippen LogP contribution in [0.2, 0.25) is 10.0 Å². The van der Waals surface area contributed by atoms with Gasteiger partial charge in [0.25, 0.3) is 0 Å². The maximum absolute atomic E-state index is 12.1. The number of amides is 1. The molecular formula is C15H20Cl2N2O3S. The second-order valence-corrected chi connectivity index (χ2v) is 8.60. The first-order chi connectivity index (χ1) is 10.8. The highest BCUT2D eigenvalue weighted by atomic mass is 35.5. The number of benzene rings is 1. The molecule has 0 radical (unpaired) electrons. The lowest BCUT2D eigenvalue weighted by Gasteiger charge is -2.26. The first-order valence-electron chi connectivity index (χ1n) is 7.50. The largest absolute Gasteiger partial charge is 0.325 e. The molecule has 1 aliphatic rings. The minimum Gasteiger partial charge on any atom is -0.325 e. The Hall–Kier alpha value is -0.820. The highest BCUT2D eigenvalue weighted by Gasteiger charge is 2.31. The van der Waals surface area contributed by atoms with Gasteiger partial charge in [0, 0.05) is 19.0 Å². The molecule has 1 saturated heterocycles. The molecule has 1 amide bonds. The van der Waals surface area contributed by atoms with E-state index in [-0.39, 0.29) is 29.9 Å². The number of rotatable bonds is 6. The van der Waals surface area contributed by atoms with E-state index in [0.717, 1.165) is 0 Å². The van der Waals surface area contributed by atoms with E-state index in [1.807, 2.05) is 11.8 Å². The Bertz CT molecular complexity index is 679. The van der Waals surface area contributed by atoms with Gasteiger partial charge in [-0.1, -0.05) is 36.2 Å². The molecule has 128 valence electrons. The van der Waals surface area contributed by atoms with Gasteiger partial charge >= 0.3 is 0 Å². The summed E-state index contributed by atoms with van der Waals surface area (Å²) in [7, 11) is -2.92. The number of carbonyl (C=O) groups excluding carboxylic acids is 1. The molecule has 1 aliphatic heterocycles. The molecule has 1 unspecified atom stereocenters. The Labute approximate surface area is 146 Å². The third-order valence-corrected chi connectivity index (χ3v) is 6.55. The predicted molar refractivity (Wildman–Crippen MR) is 94.0 cm³/mol. The van der Waals surface area contributed by atoms with Crippen LogP contribution < -0.4 is 5.32 Å². The van der Waals surface area contributed by atoms with Crippen molar-refractivity contribution in [2.24, 2.45) is 0 Å². The zero-order chi connectivity index (χ0) is 17.0. The molecule has 1 fully saturated rings. The van der Waals surface area contributed by atoms with Gasteiger partial charge in [0.05, 0.1) is 27.2 Å². The number of halogens is 2. The van der Waals surface area contributed by atoms with E-state index in [1.54, 1.807) is 18.2 Å². The van der Waals surface area contributed by atoms with E-state index in [1.165, 1.54) is 0 Å². The smallest absolute Gasteiger partial charge is 0.225 e. The zero-order valence-electron chi connectivity index (χ0n) is 12.9. The fourth-order valence-corrected chi connectivity index (χ4v) is 4.83. The second kappa shape index (κ2) is 7.83. The normalized spacial score (nSPS) is 19.9. The maximum Gasteiger partial charge on any atom is 0.225 e. The Kier molecular flexibility index (Phi) is 6.31. The van der Waals surface area contributed by atoms with Crippen LogP contribution in [0.4, 0.5) is 5.69 Å². The molecule has 0 bridgehead atoms. The van der Waals surface area contributed by atoms with E-state index >= 15 is 0 Å². The summed E-state index contributed by atoms with van der Waals surface area (Å²) in [5.41, 5.74) is 0.482. The number of nitrogens with one attached hydrogen (secondary N) is 1. The molecule has 23 heavy (non-hydrogen) atoms. The van der Waals surface area contributed by atoms with Crippen LogP contribution in [0.3, 0.4) is 0 Å². The minimum atomic E-state index is -2.92. The van der Waals surface area contributed by atoms with Crippen LogP contribution in [0.15, 0.2) is 18.2 Å². The van der Waals surface area contributed by atoms with Crippen LogP contribution >= 0.6 is 23.2 Å². The molecule has 1 aromatic rings. The molecule has 8 heteroatoms. The van der Waals surface area contributed by atoms with Crippen LogP contribution in [0, 0.1) is 0 Å². The molecule has 1 aromatic carbocycles. The highest BCUT2D eigenvalue weighted by molar-refractivity contribution is 7.91. The van der Waals surface area contributed by atoms with Crippen molar-refractivity contribution >= 4 is 44.6 Å². The van der Waals surface area contributed by atoms with Crippen LogP contribution in [0.5, 0.6) is 0 Å². The number of anilines is 1. The molecule has 0 spiro atoms. The van der Waals surface area contributed by atoms with Crippen molar-refractivity contribution in [3.63, 3.8) is 0 Å². The molecule has 1 N–H and O–H groups in total. The van der Waals surface area contributed by atoms with Gasteiger partial charge in [-0.25, -0.2) is 8.42 Å². The fraction of sp³-hybridized carbons (Fsp3) is 0.533. The molecule has 5 nitrogen and oxygen atoms in total. The van der Waals surface area contributed by atoms with Gasteiger partial charge in [-0.15, -0.1) is 0 Å². The Balaban J connectivity index is 1.89. The molecular weight excluding hydrogens is 359 g/mol. The highest BCUT2D eigenvalue weighted by Crippen LogP contribution is 2.29. The predicted octanol–water partition coefficient (Wildman–Crippen LogP) is 2.83. The van der Waals surface area contributed by atoms with Gasteiger partial charge in [0.1, 0.15) is 0 Å². The number of hydrogen-bond acceptors (Lipinski definition) is 4. The first-order valence-corrected chi connectivity index (χ1v) is 10.1. The average Bonchev–Trinajstić information content (AvgIpc) is 2.85. The van der Waals surface area contributed by atoms with Crippen LogP contribution in [-0.2, 0) is 14.6 Å². The van der Waals surface area contributed by atoms with E-state index in [4.69, 9.17) is 23.2 Å². The molecule has 0 aromatic heterocycles. The van der Waals surface area contributed by atoms with Crippen molar-refractivity contribution in [1.82, 2.24) is 4.90 Å². The molecule has 1 heterocycles. The second-order valence-electron chi connectivity index (χ2n) is 5.59. The quantitative estimate of drug-likeness (QED) is 0.826. The summed E-state index contributed by atoms with van der Waals surface area (Å²) < 4.78 is 23.2. The minimum absolute atomic E-state index is 0.00700. The average molecular weight is 379 g/mol. The van der Waals surface area contributed by atoms with Crippen LogP contribution in [0.1, 0.15) is 19.8 Å². The van der Waals surface area contributed by atoms with Crippen molar-refractivity contribution in [1.29, 1.82) is 0 Å². The summed E-state index contributed by atoms with van der Waals surface area (Å²) >= 11 is 12.0. The van der Waals surface area contributed by atoms with E-state index in [9.17, 15) is 13.2 Å². The molecule has 1 atom stereocenters. The summed E-state index contributed by atoms with van der Waals surface area (Å²) in [6.07, 6.45) is 0.908. The first kappa shape index (κ1) is 18.5. The van der Waals surface area contributed by atoms with Gasteiger partial charge in [0.15, 0.2) is 9.84 Å². The molecule has 0 aliphatic carbocycles. The monoisotopic (exact) mass is 378 g/mol. The Morgan fingerprint density at radius 1 is 1.39 bits per heavy atom. The van der Waals surface area contributed by atoms with Crippen molar-refractivity contribution in [2.75, 3.05) is 29.9 Å². The van der Waals surface area contributed by atoms with E-state index in [2.05, 4.69) is 5.32 Å². The summed E-state index contributed by atoms with van der Waals surface area (Å²) in [4.78, 5) is 14.1. The summed E-state index contributed by atoms with van der Waals surface area (Å²) in [5, 5.41) is 3.44. The van der Waals surface area contributed by atoms with E-state index in [0.29, 0.717) is 35.2 Å². The maximum atomic E-state index is 12.1. The van der Waals surface area contributed by atoms with Gasteiger partial charge in [-0.2, -0.15) is 0 Å². The SMILES string of the molecule is CCN(CCC(=O)Nc1cccc(Cl)c1Cl)C1CCS(=O)(=O)C1.